The lowest BCUT2D eigenvalue weighted by molar-refractivity contribution is -0.132. The van der Waals surface area contributed by atoms with E-state index in [0.29, 0.717) is 19.5 Å². The van der Waals surface area contributed by atoms with Crippen LogP contribution in [0.1, 0.15) is 20.3 Å². The van der Waals surface area contributed by atoms with Crippen LogP contribution in [0.5, 0.6) is 0 Å². The minimum absolute atomic E-state index is 0.0761. The predicted molar refractivity (Wildman–Crippen MR) is 45.5 cm³/mol. The second-order valence-corrected chi connectivity index (χ2v) is 3.80. The first-order chi connectivity index (χ1) is 5.42. The molecule has 1 heterocycles. The quantitative estimate of drug-likeness (QED) is 0.550. The van der Waals surface area contributed by atoms with Crippen LogP contribution in [0.15, 0.2) is 0 Å². The molecule has 1 fully saturated rings. The first kappa shape index (κ1) is 9.48. The van der Waals surface area contributed by atoms with Gasteiger partial charge in [-0.15, -0.1) is 0 Å². The molecule has 4 heteroatoms. The lowest BCUT2D eigenvalue weighted by atomic mass is 10.1. The zero-order valence-corrected chi connectivity index (χ0v) is 7.58. The SMILES string of the molecule is C[C@@H](N)C(=O)N1CCC(C)(O)C1. The first-order valence-corrected chi connectivity index (χ1v) is 4.19. The van der Waals surface area contributed by atoms with Crippen molar-refractivity contribution < 1.29 is 9.90 Å². The zero-order chi connectivity index (χ0) is 9.35. The summed E-state index contributed by atoms with van der Waals surface area (Å²) in [7, 11) is 0. The molecule has 1 aliphatic rings. The van der Waals surface area contributed by atoms with Crippen LogP contribution in [0.2, 0.25) is 0 Å². The summed E-state index contributed by atoms with van der Waals surface area (Å²) < 4.78 is 0. The fourth-order valence-electron chi connectivity index (χ4n) is 1.42. The minimum Gasteiger partial charge on any atom is -0.388 e. The average Bonchev–Trinajstić information content (AvgIpc) is 2.28. The third kappa shape index (κ3) is 1.95. The van der Waals surface area contributed by atoms with Crippen LogP contribution in [0.4, 0.5) is 0 Å². The molecule has 0 bridgehead atoms. The molecule has 1 aliphatic heterocycles. The van der Waals surface area contributed by atoms with Crippen molar-refractivity contribution in [2.75, 3.05) is 13.1 Å². The number of aliphatic hydroxyl groups is 1. The fraction of sp³-hybridized carbons (Fsp3) is 0.875. The molecule has 0 aromatic rings. The maximum atomic E-state index is 11.3. The van der Waals surface area contributed by atoms with Gasteiger partial charge in [-0.1, -0.05) is 0 Å². The van der Waals surface area contributed by atoms with Gasteiger partial charge in [0.2, 0.25) is 5.91 Å². The van der Waals surface area contributed by atoms with Gasteiger partial charge >= 0.3 is 0 Å². The van der Waals surface area contributed by atoms with Crippen LogP contribution in [-0.2, 0) is 4.79 Å². The van der Waals surface area contributed by atoms with Gasteiger partial charge in [0.05, 0.1) is 11.6 Å². The van der Waals surface area contributed by atoms with Crippen LogP contribution >= 0.6 is 0 Å². The molecular formula is C8H16N2O2. The van der Waals surface area contributed by atoms with Crippen LogP contribution in [0, 0.1) is 0 Å². The highest BCUT2D eigenvalue weighted by atomic mass is 16.3. The van der Waals surface area contributed by atoms with E-state index in [1.165, 1.54) is 0 Å². The summed E-state index contributed by atoms with van der Waals surface area (Å²) in [5, 5.41) is 9.56. The van der Waals surface area contributed by atoms with Gasteiger partial charge in [-0.3, -0.25) is 4.79 Å². The average molecular weight is 172 g/mol. The summed E-state index contributed by atoms with van der Waals surface area (Å²) in [5.74, 6) is -0.0761. The smallest absolute Gasteiger partial charge is 0.239 e. The standard InChI is InChI=1S/C8H16N2O2/c1-6(9)7(11)10-4-3-8(2,12)5-10/h6,12H,3-5,9H2,1-2H3/t6-,8?/m1/s1. The van der Waals surface area contributed by atoms with Crippen molar-refractivity contribution in [1.82, 2.24) is 4.90 Å². The van der Waals surface area contributed by atoms with Crippen molar-refractivity contribution in [1.29, 1.82) is 0 Å². The lowest BCUT2D eigenvalue weighted by Crippen LogP contribution is -2.42. The minimum atomic E-state index is -0.718. The van der Waals surface area contributed by atoms with Crippen molar-refractivity contribution in [3.63, 3.8) is 0 Å². The van der Waals surface area contributed by atoms with Crippen LogP contribution < -0.4 is 5.73 Å². The molecule has 2 atom stereocenters. The predicted octanol–water partition coefficient (Wildman–Crippen LogP) is -0.683. The number of hydrogen-bond donors (Lipinski definition) is 2. The number of hydrogen-bond acceptors (Lipinski definition) is 3. The van der Waals surface area contributed by atoms with Crippen LogP contribution in [0.3, 0.4) is 0 Å². The van der Waals surface area contributed by atoms with Gasteiger partial charge in [-0.05, 0) is 20.3 Å². The van der Waals surface area contributed by atoms with Crippen molar-refractivity contribution >= 4 is 5.91 Å². The van der Waals surface area contributed by atoms with E-state index in [0.717, 1.165) is 0 Å². The Kier molecular flexibility index (Phi) is 2.39. The molecule has 0 spiro atoms. The van der Waals surface area contributed by atoms with Gasteiger partial charge in [0.25, 0.3) is 0 Å². The van der Waals surface area contributed by atoms with E-state index in [1.54, 1.807) is 18.7 Å². The highest BCUT2D eigenvalue weighted by molar-refractivity contribution is 5.81. The van der Waals surface area contributed by atoms with Crippen molar-refractivity contribution in [3.8, 4) is 0 Å². The number of β-amino-alcohol motifs (C(OH)–C–C–N with tert-alkyl or cyclic N) is 1. The van der Waals surface area contributed by atoms with Gasteiger partial charge in [-0.25, -0.2) is 0 Å². The molecule has 0 aliphatic carbocycles. The molecule has 1 saturated heterocycles. The Morgan fingerprint density at radius 1 is 1.75 bits per heavy atom. The van der Waals surface area contributed by atoms with Crippen molar-refractivity contribution in [2.24, 2.45) is 5.73 Å². The van der Waals surface area contributed by atoms with E-state index in [2.05, 4.69) is 0 Å². The Hall–Kier alpha value is -0.610. The van der Waals surface area contributed by atoms with Crippen molar-refractivity contribution in [3.05, 3.63) is 0 Å². The lowest BCUT2D eigenvalue weighted by Gasteiger charge is -2.20. The summed E-state index contributed by atoms with van der Waals surface area (Å²) in [6, 6.07) is -0.459. The molecule has 1 unspecified atom stereocenters. The fourth-order valence-corrected chi connectivity index (χ4v) is 1.42. The Morgan fingerprint density at radius 2 is 2.33 bits per heavy atom. The Balaban J connectivity index is 2.53. The molecule has 3 N–H and O–H groups in total. The Bertz CT molecular complexity index is 189. The highest BCUT2D eigenvalue weighted by Gasteiger charge is 2.34. The van der Waals surface area contributed by atoms with Crippen molar-refractivity contribution in [2.45, 2.75) is 31.9 Å². The topological polar surface area (TPSA) is 66.6 Å². The summed E-state index contributed by atoms with van der Waals surface area (Å²) in [6.45, 7) is 4.43. The van der Waals surface area contributed by atoms with E-state index in [9.17, 15) is 9.90 Å². The van der Waals surface area contributed by atoms with E-state index >= 15 is 0 Å². The number of carbonyl (C=O) groups excluding carboxylic acids is 1. The monoisotopic (exact) mass is 172 g/mol. The Labute approximate surface area is 72.3 Å². The van der Waals surface area contributed by atoms with E-state index in [4.69, 9.17) is 5.73 Å². The third-order valence-electron chi connectivity index (χ3n) is 2.15. The highest BCUT2D eigenvalue weighted by Crippen LogP contribution is 2.20. The second kappa shape index (κ2) is 3.03. The van der Waals surface area contributed by atoms with E-state index in [-0.39, 0.29) is 5.91 Å². The normalized spacial score (nSPS) is 32.2. The number of amides is 1. The molecular weight excluding hydrogens is 156 g/mol. The number of nitrogens with two attached hydrogens (primary N) is 1. The number of nitrogens with zero attached hydrogens (tertiary/aromatic N) is 1. The van der Waals surface area contributed by atoms with E-state index in [1.807, 2.05) is 0 Å². The third-order valence-corrected chi connectivity index (χ3v) is 2.15. The maximum Gasteiger partial charge on any atom is 0.239 e. The van der Waals surface area contributed by atoms with Gasteiger partial charge < -0.3 is 15.7 Å². The van der Waals surface area contributed by atoms with Gasteiger partial charge in [0, 0.05) is 13.1 Å². The molecule has 0 aromatic heterocycles. The molecule has 0 saturated carbocycles. The molecule has 0 radical (unpaired) electrons. The Morgan fingerprint density at radius 3 is 2.67 bits per heavy atom. The molecule has 4 nitrogen and oxygen atoms in total. The molecule has 70 valence electrons. The summed E-state index contributed by atoms with van der Waals surface area (Å²) >= 11 is 0. The summed E-state index contributed by atoms with van der Waals surface area (Å²) in [5.41, 5.74) is 4.71. The molecule has 1 amide bonds. The summed E-state index contributed by atoms with van der Waals surface area (Å²) in [6.07, 6.45) is 0.644. The largest absolute Gasteiger partial charge is 0.388 e. The maximum absolute atomic E-state index is 11.3. The first-order valence-electron chi connectivity index (χ1n) is 4.19. The zero-order valence-electron chi connectivity index (χ0n) is 7.58. The van der Waals surface area contributed by atoms with Crippen LogP contribution in [0.25, 0.3) is 0 Å². The van der Waals surface area contributed by atoms with Crippen LogP contribution in [-0.4, -0.2) is 40.6 Å². The number of carbonyl (C=O) groups is 1. The second-order valence-electron chi connectivity index (χ2n) is 3.80. The molecule has 0 aromatic carbocycles. The number of rotatable bonds is 1. The van der Waals surface area contributed by atoms with Gasteiger partial charge in [0.1, 0.15) is 0 Å². The number of likely N-dealkylation sites (tertiary alicyclic amines) is 1. The van der Waals surface area contributed by atoms with E-state index < -0.39 is 11.6 Å². The molecule has 12 heavy (non-hydrogen) atoms. The van der Waals surface area contributed by atoms with Gasteiger partial charge in [0.15, 0.2) is 0 Å². The molecule has 1 rings (SSSR count). The summed E-state index contributed by atoms with van der Waals surface area (Å²) in [4.78, 5) is 12.9. The van der Waals surface area contributed by atoms with Gasteiger partial charge in [-0.2, -0.15) is 0 Å².